The topological polar surface area (TPSA) is 42.8 Å². The van der Waals surface area contributed by atoms with Crippen molar-refractivity contribution < 1.29 is 9.47 Å². The van der Waals surface area contributed by atoms with Crippen molar-refractivity contribution in [1.29, 1.82) is 0 Å². The number of nitrogens with one attached hydrogen (secondary N) is 1. The van der Waals surface area contributed by atoms with E-state index in [-0.39, 0.29) is 0 Å². The summed E-state index contributed by atoms with van der Waals surface area (Å²) in [6, 6.07) is 26.8. The van der Waals surface area contributed by atoms with Crippen molar-refractivity contribution >= 4 is 62.2 Å². The zero-order chi connectivity index (χ0) is 22.3. The molecule has 0 unspecified atom stereocenters. The van der Waals surface area contributed by atoms with E-state index in [1.807, 2.05) is 30.5 Å². The number of rotatable bonds is 8. The predicted octanol–water partition coefficient (Wildman–Crippen LogP) is 6.76. The Labute approximate surface area is 215 Å². The third-order valence-corrected chi connectivity index (χ3v) is 6.64. The van der Waals surface area contributed by atoms with Crippen LogP contribution in [-0.4, -0.2) is 13.3 Å². The predicted molar refractivity (Wildman–Crippen MR) is 148 cm³/mol. The van der Waals surface area contributed by atoms with Crippen molar-refractivity contribution in [1.82, 2.24) is 5.43 Å². The van der Waals surface area contributed by atoms with E-state index in [4.69, 9.17) is 9.47 Å². The smallest absolute Gasteiger partial charge is 0.146 e. The number of hydrogen-bond acceptors (Lipinski definition) is 4. The van der Waals surface area contributed by atoms with Crippen molar-refractivity contribution in [3.63, 3.8) is 0 Å². The van der Waals surface area contributed by atoms with Gasteiger partial charge in [0, 0.05) is 5.56 Å². The highest BCUT2D eigenvalue weighted by Gasteiger charge is 2.10. The molecule has 0 saturated heterocycles. The fourth-order valence-corrected chi connectivity index (χ4v) is 5.59. The molecule has 6 heteroatoms. The summed E-state index contributed by atoms with van der Waals surface area (Å²) in [6.45, 7) is 1.13. The number of methoxy groups -OCH3 is 1. The van der Waals surface area contributed by atoms with E-state index >= 15 is 0 Å². The Hall–Kier alpha value is -2.33. The van der Waals surface area contributed by atoms with Crippen LogP contribution in [0.3, 0.4) is 0 Å². The molecule has 32 heavy (non-hydrogen) atoms. The number of ether oxygens (including phenoxy) is 2. The molecule has 0 heterocycles. The van der Waals surface area contributed by atoms with E-state index in [0.29, 0.717) is 13.2 Å². The van der Waals surface area contributed by atoms with Gasteiger partial charge >= 0.3 is 0 Å². The normalized spacial score (nSPS) is 11.1. The molecule has 0 amide bonds. The van der Waals surface area contributed by atoms with Crippen molar-refractivity contribution in [2.75, 3.05) is 7.11 Å². The Morgan fingerprint density at radius 2 is 1.56 bits per heavy atom. The molecule has 0 aromatic heterocycles. The molecule has 0 radical (unpaired) electrons. The van der Waals surface area contributed by atoms with E-state index in [0.717, 1.165) is 29.8 Å². The van der Waals surface area contributed by atoms with Gasteiger partial charge in [0.25, 0.3) is 0 Å². The molecule has 0 aliphatic carbocycles. The highest BCUT2D eigenvalue weighted by molar-refractivity contribution is 14.1. The first-order valence-electron chi connectivity index (χ1n) is 10.1. The summed E-state index contributed by atoms with van der Waals surface area (Å²) in [4.78, 5) is 0. The largest absolute Gasteiger partial charge is 0.496 e. The maximum absolute atomic E-state index is 6.24. The Morgan fingerprint density at radius 1 is 0.875 bits per heavy atom. The average Bonchev–Trinajstić information content (AvgIpc) is 2.81. The molecule has 4 aromatic carbocycles. The second-order valence-corrected chi connectivity index (χ2v) is 9.47. The molecule has 0 aliphatic heterocycles. The highest BCUT2D eigenvalue weighted by Crippen LogP contribution is 2.30. The SMILES string of the molecule is COc1ccccc1CN/N=C/c1cc(I)c(OCc2cccc3ccccc23)c(I)c1. The molecule has 0 aliphatic rings. The van der Waals surface area contributed by atoms with Gasteiger partial charge in [-0.2, -0.15) is 5.10 Å². The Balaban J connectivity index is 1.42. The zero-order valence-corrected chi connectivity index (χ0v) is 21.8. The molecule has 1 N–H and O–H groups in total. The maximum Gasteiger partial charge on any atom is 0.146 e. The molecule has 0 saturated carbocycles. The minimum atomic E-state index is 0.529. The van der Waals surface area contributed by atoms with Crippen molar-refractivity contribution in [2.24, 2.45) is 5.10 Å². The Morgan fingerprint density at radius 3 is 2.38 bits per heavy atom. The van der Waals surface area contributed by atoms with Gasteiger partial charge in [-0.25, -0.2) is 0 Å². The monoisotopic (exact) mass is 648 g/mol. The summed E-state index contributed by atoms with van der Waals surface area (Å²) in [5.74, 6) is 1.75. The standard InChI is InChI=1S/C26H22I2N2O2/c1-31-25-12-5-3-8-20(25)16-30-29-15-18-13-23(27)26(24(28)14-18)32-17-21-10-6-9-19-7-2-4-11-22(19)21/h2-15,30H,16-17H2,1H3/b29-15+. The molecule has 0 atom stereocenters. The Bertz CT molecular complexity index is 1230. The number of fused-ring (bicyclic) bond motifs is 1. The molecular formula is C26H22I2N2O2. The quantitative estimate of drug-likeness (QED) is 0.131. The third-order valence-electron chi connectivity index (χ3n) is 5.04. The van der Waals surface area contributed by atoms with Crippen LogP contribution >= 0.6 is 45.2 Å². The number of hydrazone groups is 1. The number of benzene rings is 4. The lowest BCUT2D eigenvalue weighted by atomic mass is 10.1. The van der Waals surface area contributed by atoms with E-state index < -0.39 is 0 Å². The van der Waals surface area contributed by atoms with Crippen molar-refractivity contribution in [3.8, 4) is 11.5 Å². The van der Waals surface area contributed by atoms with E-state index in [9.17, 15) is 0 Å². The molecule has 0 fully saturated rings. The fourth-order valence-electron chi connectivity index (χ4n) is 3.46. The zero-order valence-electron chi connectivity index (χ0n) is 17.5. The van der Waals surface area contributed by atoms with E-state index in [2.05, 4.69) is 110 Å². The second-order valence-electron chi connectivity index (χ2n) is 7.15. The number of halogens is 2. The lowest BCUT2D eigenvalue weighted by molar-refractivity contribution is 0.303. The summed E-state index contributed by atoms with van der Waals surface area (Å²) in [6.07, 6.45) is 1.83. The third kappa shape index (κ3) is 5.53. The van der Waals surface area contributed by atoms with Gasteiger partial charge in [-0.3, -0.25) is 0 Å². The molecular weight excluding hydrogens is 626 g/mol. The minimum absolute atomic E-state index is 0.529. The number of para-hydroxylation sites is 1. The molecule has 4 aromatic rings. The molecule has 4 nitrogen and oxygen atoms in total. The number of nitrogens with zero attached hydrogens (tertiary/aromatic N) is 1. The van der Waals surface area contributed by atoms with Gasteiger partial charge < -0.3 is 14.9 Å². The minimum Gasteiger partial charge on any atom is -0.496 e. The lowest BCUT2D eigenvalue weighted by Crippen LogP contribution is -2.07. The summed E-state index contributed by atoms with van der Waals surface area (Å²) in [5.41, 5.74) is 6.36. The first-order valence-corrected chi connectivity index (χ1v) is 12.3. The van der Waals surface area contributed by atoms with Crippen LogP contribution in [-0.2, 0) is 13.2 Å². The van der Waals surface area contributed by atoms with Gasteiger partial charge in [-0.15, -0.1) is 0 Å². The van der Waals surface area contributed by atoms with E-state index in [1.54, 1.807) is 7.11 Å². The number of hydrogen-bond donors (Lipinski definition) is 1. The summed E-state index contributed by atoms with van der Waals surface area (Å²) in [7, 11) is 1.68. The first-order chi connectivity index (χ1) is 15.7. The lowest BCUT2D eigenvalue weighted by Gasteiger charge is -2.13. The average molecular weight is 648 g/mol. The van der Waals surface area contributed by atoms with Crippen molar-refractivity contribution in [3.05, 3.63) is 103 Å². The summed E-state index contributed by atoms with van der Waals surface area (Å²) in [5, 5.41) is 6.83. The van der Waals surface area contributed by atoms with Crippen molar-refractivity contribution in [2.45, 2.75) is 13.2 Å². The van der Waals surface area contributed by atoms with Crippen LogP contribution in [0.15, 0.2) is 84.0 Å². The van der Waals surface area contributed by atoms with Gasteiger partial charge in [-0.05, 0) is 85.3 Å². The molecule has 0 bridgehead atoms. The van der Waals surface area contributed by atoms with Crippen LogP contribution in [0.4, 0.5) is 0 Å². The van der Waals surface area contributed by atoms with Crippen LogP contribution in [0.2, 0.25) is 0 Å². The van der Waals surface area contributed by atoms with Crippen LogP contribution < -0.4 is 14.9 Å². The summed E-state index contributed by atoms with van der Waals surface area (Å²) >= 11 is 4.65. The van der Waals surface area contributed by atoms with Crippen LogP contribution in [0.1, 0.15) is 16.7 Å². The summed E-state index contributed by atoms with van der Waals surface area (Å²) < 4.78 is 13.7. The maximum atomic E-state index is 6.24. The van der Waals surface area contributed by atoms with Crippen LogP contribution in [0.5, 0.6) is 11.5 Å². The molecule has 4 rings (SSSR count). The van der Waals surface area contributed by atoms with Crippen LogP contribution in [0, 0.1) is 7.14 Å². The van der Waals surface area contributed by atoms with Gasteiger partial charge in [0.15, 0.2) is 0 Å². The Kier molecular flexibility index (Phi) is 7.85. The van der Waals surface area contributed by atoms with Gasteiger partial charge in [0.1, 0.15) is 18.1 Å². The van der Waals surface area contributed by atoms with Crippen LogP contribution in [0.25, 0.3) is 10.8 Å². The van der Waals surface area contributed by atoms with Gasteiger partial charge in [-0.1, -0.05) is 60.7 Å². The molecule has 162 valence electrons. The van der Waals surface area contributed by atoms with Gasteiger partial charge in [0.2, 0.25) is 0 Å². The van der Waals surface area contributed by atoms with E-state index in [1.165, 1.54) is 16.3 Å². The first kappa shape index (κ1) is 22.8. The fraction of sp³-hybridized carbons (Fsp3) is 0.115. The second kappa shape index (κ2) is 11.0. The molecule has 0 spiro atoms. The van der Waals surface area contributed by atoms with Gasteiger partial charge in [0.05, 0.1) is 27.0 Å². The highest BCUT2D eigenvalue weighted by atomic mass is 127.